The smallest absolute Gasteiger partial charge is 0.335 e. The molecule has 1 aliphatic rings. The lowest BCUT2D eigenvalue weighted by atomic mass is 10.1. The molecule has 2 atom stereocenters. The van der Waals surface area contributed by atoms with Crippen LogP contribution in [0.5, 0.6) is 0 Å². The molecule has 5 nitrogen and oxygen atoms in total. The van der Waals surface area contributed by atoms with E-state index in [1.54, 1.807) is 18.2 Å². The molecule has 1 saturated heterocycles. The molecule has 5 heteroatoms. The molecule has 19 heavy (non-hydrogen) atoms. The van der Waals surface area contributed by atoms with Crippen molar-refractivity contribution in [2.24, 2.45) is 0 Å². The van der Waals surface area contributed by atoms with Gasteiger partial charge >= 0.3 is 5.97 Å². The number of carboxylic acids is 1. The highest BCUT2D eigenvalue weighted by molar-refractivity contribution is 5.87. The minimum absolute atomic E-state index is 0.131. The molecule has 102 valence electrons. The predicted molar refractivity (Wildman–Crippen MR) is 68.8 cm³/mol. The third-order valence-corrected chi connectivity index (χ3v) is 3.17. The van der Waals surface area contributed by atoms with Gasteiger partial charge in [-0.25, -0.2) is 4.79 Å². The summed E-state index contributed by atoms with van der Waals surface area (Å²) in [5.74, 6) is -1.11. The van der Waals surface area contributed by atoms with Gasteiger partial charge in [-0.1, -0.05) is 12.1 Å². The standard InChI is InChI=1S/C14H17NO4/c1-9-5-6-12(19-9)13(16)15-8-10-3-2-4-11(7-10)14(17)18/h2-4,7,9,12H,5-6,8H2,1H3,(H,15,16)(H,17,18)/t9-,12-/m1/s1. The number of rotatable bonds is 4. The van der Waals surface area contributed by atoms with Gasteiger partial charge in [-0.05, 0) is 37.5 Å². The molecular formula is C14H17NO4. The number of carbonyl (C=O) groups excluding carboxylic acids is 1. The molecule has 1 aromatic carbocycles. The van der Waals surface area contributed by atoms with Crippen LogP contribution in [-0.4, -0.2) is 29.2 Å². The highest BCUT2D eigenvalue weighted by Crippen LogP contribution is 2.19. The van der Waals surface area contributed by atoms with E-state index in [1.807, 2.05) is 6.92 Å². The molecule has 1 aromatic rings. The number of ether oxygens (including phenoxy) is 1. The molecule has 2 N–H and O–H groups in total. The second-order valence-corrected chi connectivity index (χ2v) is 4.74. The first-order valence-corrected chi connectivity index (χ1v) is 6.31. The summed E-state index contributed by atoms with van der Waals surface area (Å²) in [5, 5.41) is 11.7. The molecule has 1 amide bonds. The van der Waals surface area contributed by atoms with Gasteiger partial charge in [0.1, 0.15) is 6.10 Å². The maximum absolute atomic E-state index is 11.8. The lowest BCUT2D eigenvalue weighted by Gasteiger charge is -2.11. The van der Waals surface area contributed by atoms with Crippen LogP contribution in [0.4, 0.5) is 0 Å². The Kier molecular flexibility index (Phi) is 4.16. The van der Waals surface area contributed by atoms with Crippen molar-refractivity contribution in [3.63, 3.8) is 0 Å². The van der Waals surface area contributed by atoms with Gasteiger partial charge in [-0.2, -0.15) is 0 Å². The van der Waals surface area contributed by atoms with E-state index in [4.69, 9.17) is 9.84 Å². The van der Waals surface area contributed by atoms with Gasteiger partial charge in [0, 0.05) is 6.54 Å². The summed E-state index contributed by atoms with van der Waals surface area (Å²) in [6.07, 6.45) is 1.39. The summed E-state index contributed by atoms with van der Waals surface area (Å²) in [7, 11) is 0. The number of hydrogen-bond acceptors (Lipinski definition) is 3. The topological polar surface area (TPSA) is 75.6 Å². The Morgan fingerprint density at radius 3 is 2.84 bits per heavy atom. The average Bonchev–Trinajstić information content (AvgIpc) is 2.83. The monoisotopic (exact) mass is 263 g/mol. The highest BCUT2D eigenvalue weighted by Gasteiger charge is 2.27. The molecule has 0 radical (unpaired) electrons. The molecule has 1 fully saturated rings. The van der Waals surface area contributed by atoms with Crippen molar-refractivity contribution in [1.82, 2.24) is 5.32 Å². The number of aromatic carboxylic acids is 1. The second kappa shape index (κ2) is 5.84. The SMILES string of the molecule is C[C@@H]1CC[C@H](C(=O)NCc2cccc(C(=O)O)c2)O1. The van der Waals surface area contributed by atoms with Gasteiger partial charge in [0.25, 0.3) is 0 Å². The van der Waals surface area contributed by atoms with Gasteiger partial charge < -0.3 is 15.2 Å². The molecule has 0 aromatic heterocycles. The lowest BCUT2D eigenvalue weighted by Crippen LogP contribution is -2.34. The molecule has 2 rings (SSSR count). The maximum Gasteiger partial charge on any atom is 0.335 e. The zero-order valence-electron chi connectivity index (χ0n) is 10.8. The van der Waals surface area contributed by atoms with Crippen LogP contribution in [0.15, 0.2) is 24.3 Å². The van der Waals surface area contributed by atoms with E-state index >= 15 is 0 Å². The van der Waals surface area contributed by atoms with Crippen molar-refractivity contribution in [1.29, 1.82) is 0 Å². The minimum Gasteiger partial charge on any atom is -0.478 e. The summed E-state index contributed by atoms with van der Waals surface area (Å²) >= 11 is 0. The summed E-state index contributed by atoms with van der Waals surface area (Å²) in [4.78, 5) is 22.7. The zero-order chi connectivity index (χ0) is 13.8. The largest absolute Gasteiger partial charge is 0.478 e. The van der Waals surface area contributed by atoms with Crippen molar-refractivity contribution in [2.75, 3.05) is 0 Å². The quantitative estimate of drug-likeness (QED) is 0.864. The summed E-state index contributed by atoms with van der Waals surface area (Å²) in [6.45, 7) is 2.26. The zero-order valence-corrected chi connectivity index (χ0v) is 10.8. The van der Waals surface area contributed by atoms with Crippen LogP contribution in [0.3, 0.4) is 0 Å². The molecule has 1 aliphatic heterocycles. The molecule has 1 heterocycles. The fraction of sp³-hybridized carbons (Fsp3) is 0.429. The van der Waals surface area contributed by atoms with E-state index in [0.29, 0.717) is 6.54 Å². The van der Waals surface area contributed by atoms with Crippen LogP contribution >= 0.6 is 0 Å². The highest BCUT2D eigenvalue weighted by atomic mass is 16.5. The normalized spacial score (nSPS) is 22.2. The van der Waals surface area contributed by atoms with Crippen molar-refractivity contribution in [2.45, 2.75) is 38.5 Å². The van der Waals surface area contributed by atoms with Crippen LogP contribution in [-0.2, 0) is 16.1 Å². The van der Waals surface area contributed by atoms with Crippen LogP contribution in [0.1, 0.15) is 35.7 Å². The second-order valence-electron chi connectivity index (χ2n) is 4.74. The Balaban J connectivity index is 1.90. The predicted octanol–water partition coefficient (Wildman–Crippen LogP) is 1.57. The van der Waals surface area contributed by atoms with Gasteiger partial charge in [-0.15, -0.1) is 0 Å². The van der Waals surface area contributed by atoms with E-state index in [0.717, 1.165) is 18.4 Å². The molecule has 0 unspecified atom stereocenters. The van der Waals surface area contributed by atoms with Crippen LogP contribution < -0.4 is 5.32 Å². The van der Waals surface area contributed by atoms with Crippen LogP contribution in [0, 0.1) is 0 Å². The van der Waals surface area contributed by atoms with Gasteiger partial charge in [0.05, 0.1) is 11.7 Å². The molecular weight excluding hydrogens is 246 g/mol. The Labute approximate surface area is 111 Å². The van der Waals surface area contributed by atoms with Gasteiger partial charge in [0.2, 0.25) is 5.91 Å². The fourth-order valence-electron chi connectivity index (χ4n) is 2.11. The van der Waals surface area contributed by atoms with E-state index in [2.05, 4.69) is 5.32 Å². The third kappa shape index (κ3) is 3.54. The Morgan fingerprint density at radius 2 is 2.21 bits per heavy atom. The van der Waals surface area contributed by atoms with Crippen LogP contribution in [0.25, 0.3) is 0 Å². The number of amides is 1. The number of carboxylic acid groups (broad SMARTS) is 1. The van der Waals surface area contributed by atoms with Gasteiger partial charge in [-0.3, -0.25) is 4.79 Å². The van der Waals surface area contributed by atoms with Crippen molar-refractivity contribution >= 4 is 11.9 Å². The summed E-state index contributed by atoms with van der Waals surface area (Å²) in [5.41, 5.74) is 0.983. The average molecular weight is 263 g/mol. The summed E-state index contributed by atoms with van der Waals surface area (Å²) < 4.78 is 5.47. The van der Waals surface area contributed by atoms with E-state index < -0.39 is 5.97 Å². The van der Waals surface area contributed by atoms with E-state index in [1.165, 1.54) is 6.07 Å². The lowest BCUT2D eigenvalue weighted by molar-refractivity contribution is -0.131. The van der Waals surface area contributed by atoms with Crippen molar-refractivity contribution < 1.29 is 19.4 Å². The maximum atomic E-state index is 11.8. The number of nitrogens with one attached hydrogen (secondary N) is 1. The first kappa shape index (κ1) is 13.5. The Hall–Kier alpha value is -1.88. The number of carbonyl (C=O) groups is 2. The molecule has 0 spiro atoms. The first-order chi connectivity index (χ1) is 9.06. The Morgan fingerprint density at radius 1 is 1.42 bits per heavy atom. The first-order valence-electron chi connectivity index (χ1n) is 6.31. The molecule has 0 aliphatic carbocycles. The molecule has 0 bridgehead atoms. The minimum atomic E-state index is -0.971. The van der Waals surface area contributed by atoms with Crippen molar-refractivity contribution in [3.8, 4) is 0 Å². The molecule has 0 saturated carbocycles. The van der Waals surface area contributed by atoms with E-state index in [-0.39, 0.29) is 23.7 Å². The van der Waals surface area contributed by atoms with Crippen molar-refractivity contribution in [3.05, 3.63) is 35.4 Å². The number of hydrogen-bond donors (Lipinski definition) is 2. The fourth-order valence-corrected chi connectivity index (χ4v) is 2.11. The Bertz CT molecular complexity index is 486. The summed E-state index contributed by atoms with van der Waals surface area (Å²) in [6, 6.07) is 6.53. The van der Waals surface area contributed by atoms with Crippen LogP contribution in [0.2, 0.25) is 0 Å². The number of benzene rings is 1. The third-order valence-electron chi connectivity index (χ3n) is 3.17. The van der Waals surface area contributed by atoms with E-state index in [9.17, 15) is 9.59 Å². The van der Waals surface area contributed by atoms with Gasteiger partial charge in [0.15, 0.2) is 0 Å².